The van der Waals surface area contributed by atoms with Crippen molar-refractivity contribution >= 4 is 46.4 Å². The molecule has 0 aliphatic rings. The average Bonchev–Trinajstić information content (AvgIpc) is 2.61. The second kappa shape index (κ2) is 8.49. The predicted octanol–water partition coefficient (Wildman–Crippen LogP) is 4.39. The van der Waals surface area contributed by atoms with Gasteiger partial charge in [-0.25, -0.2) is 9.97 Å². The van der Waals surface area contributed by atoms with Crippen molar-refractivity contribution in [2.24, 2.45) is 0 Å². The van der Waals surface area contributed by atoms with E-state index in [4.69, 9.17) is 11.6 Å². The van der Waals surface area contributed by atoms with E-state index in [1.165, 1.54) is 6.92 Å². The monoisotopic (exact) mass is 395 g/mol. The molecule has 0 fully saturated rings. The van der Waals surface area contributed by atoms with Gasteiger partial charge in [0.25, 0.3) is 5.91 Å². The zero-order chi connectivity index (χ0) is 20.1. The maximum absolute atomic E-state index is 12.5. The first-order chi connectivity index (χ1) is 13.4. The lowest BCUT2D eigenvalue weighted by molar-refractivity contribution is -0.114. The average molecular weight is 396 g/mol. The smallest absolute Gasteiger partial charge is 0.274 e. The number of halogens is 1. The van der Waals surface area contributed by atoms with Crippen LogP contribution in [-0.4, -0.2) is 21.8 Å². The molecule has 142 valence electrons. The molecule has 8 heteroatoms. The summed E-state index contributed by atoms with van der Waals surface area (Å²) >= 11 is 5.95. The van der Waals surface area contributed by atoms with Crippen LogP contribution in [0.2, 0.25) is 5.02 Å². The Morgan fingerprint density at radius 3 is 2.29 bits per heavy atom. The van der Waals surface area contributed by atoms with Crippen molar-refractivity contribution in [3.63, 3.8) is 0 Å². The van der Waals surface area contributed by atoms with Crippen LogP contribution in [0.3, 0.4) is 0 Å². The SMILES string of the molecule is CC(=O)Nc1cccc(Nc2nc(C)cc(C(=O)Nc3cccc(Cl)c3)n2)c1. The van der Waals surface area contributed by atoms with Crippen molar-refractivity contribution < 1.29 is 9.59 Å². The molecule has 1 aromatic heterocycles. The first-order valence-electron chi connectivity index (χ1n) is 8.46. The number of hydrogen-bond acceptors (Lipinski definition) is 5. The second-order valence-corrected chi connectivity index (χ2v) is 6.51. The molecule has 0 saturated heterocycles. The van der Waals surface area contributed by atoms with Gasteiger partial charge in [-0.2, -0.15) is 0 Å². The van der Waals surface area contributed by atoms with Gasteiger partial charge in [0, 0.05) is 34.7 Å². The van der Waals surface area contributed by atoms with Crippen LogP contribution in [0.25, 0.3) is 0 Å². The first-order valence-corrected chi connectivity index (χ1v) is 8.84. The second-order valence-electron chi connectivity index (χ2n) is 6.07. The van der Waals surface area contributed by atoms with Gasteiger partial charge in [-0.05, 0) is 49.4 Å². The van der Waals surface area contributed by atoms with Gasteiger partial charge < -0.3 is 16.0 Å². The fourth-order valence-electron chi connectivity index (χ4n) is 2.51. The summed E-state index contributed by atoms with van der Waals surface area (Å²) in [7, 11) is 0. The number of carbonyl (C=O) groups is 2. The van der Waals surface area contributed by atoms with Gasteiger partial charge in [-0.1, -0.05) is 23.7 Å². The summed E-state index contributed by atoms with van der Waals surface area (Å²) < 4.78 is 0. The minimum atomic E-state index is -0.372. The molecule has 28 heavy (non-hydrogen) atoms. The van der Waals surface area contributed by atoms with Gasteiger partial charge in [0.05, 0.1) is 0 Å². The highest BCUT2D eigenvalue weighted by Crippen LogP contribution is 2.19. The number of benzene rings is 2. The summed E-state index contributed by atoms with van der Waals surface area (Å²) in [5.74, 6) is -0.261. The van der Waals surface area contributed by atoms with Crippen LogP contribution >= 0.6 is 11.6 Å². The highest BCUT2D eigenvalue weighted by Gasteiger charge is 2.12. The van der Waals surface area contributed by atoms with E-state index in [0.29, 0.717) is 27.8 Å². The van der Waals surface area contributed by atoms with Crippen LogP contribution < -0.4 is 16.0 Å². The molecule has 2 amide bonds. The van der Waals surface area contributed by atoms with E-state index in [0.717, 1.165) is 0 Å². The molecule has 0 aliphatic heterocycles. The van der Waals surface area contributed by atoms with Crippen LogP contribution in [0.1, 0.15) is 23.1 Å². The molecule has 7 nitrogen and oxygen atoms in total. The molecule has 0 spiro atoms. The highest BCUT2D eigenvalue weighted by atomic mass is 35.5. The Morgan fingerprint density at radius 2 is 1.57 bits per heavy atom. The summed E-state index contributed by atoms with van der Waals surface area (Å²) in [5.41, 5.74) is 2.74. The van der Waals surface area contributed by atoms with Crippen molar-refractivity contribution in [1.29, 1.82) is 0 Å². The van der Waals surface area contributed by atoms with E-state index >= 15 is 0 Å². The zero-order valence-electron chi connectivity index (χ0n) is 15.3. The third-order valence-electron chi connectivity index (χ3n) is 3.61. The molecular formula is C20H18ClN5O2. The fraction of sp³-hybridized carbons (Fsp3) is 0.100. The first kappa shape index (κ1) is 19.3. The topological polar surface area (TPSA) is 96.0 Å². The van der Waals surface area contributed by atoms with Gasteiger partial charge >= 0.3 is 0 Å². The Hall–Kier alpha value is -3.45. The molecule has 3 aromatic rings. The quantitative estimate of drug-likeness (QED) is 0.595. The summed E-state index contributed by atoms with van der Waals surface area (Å²) in [6, 6.07) is 15.6. The van der Waals surface area contributed by atoms with E-state index in [9.17, 15) is 9.59 Å². The lowest BCUT2D eigenvalue weighted by atomic mass is 10.2. The number of anilines is 4. The molecule has 0 unspecified atom stereocenters. The molecule has 3 N–H and O–H groups in total. The lowest BCUT2D eigenvalue weighted by Gasteiger charge is -2.10. The molecule has 0 bridgehead atoms. The van der Waals surface area contributed by atoms with Gasteiger partial charge in [-0.15, -0.1) is 0 Å². The van der Waals surface area contributed by atoms with E-state index in [-0.39, 0.29) is 23.5 Å². The van der Waals surface area contributed by atoms with Crippen molar-refractivity contribution in [3.05, 3.63) is 71.0 Å². The van der Waals surface area contributed by atoms with Crippen LogP contribution in [0.5, 0.6) is 0 Å². The number of amides is 2. The Morgan fingerprint density at radius 1 is 0.893 bits per heavy atom. The third kappa shape index (κ3) is 5.28. The largest absolute Gasteiger partial charge is 0.326 e. The van der Waals surface area contributed by atoms with Gasteiger partial charge in [0.15, 0.2) is 0 Å². The summed E-state index contributed by atoms with van der Waals surface area (Å²) in [5, 5.41) is 9.05. The van der Waals surface area contributed by atoms with Crippen molar-refractivity contribution in [2.45, 2.75) is 13.8 Å². The van der Waals surface area contributed by atoms with E-state index in [1.54, 1.807) is 55.5 Å². The van der Waals surface area contributed by atoms with Gasteiger partial charge in [-0.3, -0.25) is 9.59 Å². The lowest BCUT2D eigenvalue weighted by Crippen LogP contribution is -2.15. The number of carbonyl (C=O) groups excluding carboxylic acids is 2. The van der Waals surface area contributed by atoms with Crippen molar-refractivity contribution in [1.82, 2.24) is 9.97 Å². The Kier molecular flexibility index (Phi) is 5.86. The summed E-state index contributed by atoms with van der Waals surface area (Å²) in [4.78, 5) is 32.3. The number of nitrogens with zero attached hydrogens (tertiary/aromatic N) is 2. The minimum absolute atomic E-state index is 0.163. The molecule has 3 rings (SSSR count). The van der Waals surface area contributed by atoms with Gasteiger partial charge in [0.2, 0.25) is 11.9 Å². The molecule has 1 heterocycles. The molecule has 0 atom stereocenters. The maximum Gasteiger partial charge on any atom is 0.274 e. The van der Waals surface area contributed by atoms with E-state index in [2.05, 4.69) is 25.9 Å². The number of rotatable bonds is 5. The normalized spacial score (nSPS) is 10.2. The molecule has 2 aromatic carbocycles. The number of hydrogen-bond donors (Lipinski definition) is 3. The predicted molar refractivity (Wildman–Crippen MR) is 110 cm³/mol. The minimum Gasteiger partial charge on any atom is -0.326 e. The zero-order valence-corrected chi connectivity index (χ0v) is 16.0. The Balaban J connectivity index is 1.79. The van der Waals surface area contributed by atoms with Crippen LogP contribution in [0.4, 0.5) is 23.0 Å². The van der Waals surface area contributed by atoms with Crippen LogP contribution in [0.15, 0.2) is 54.6 Å². The van der Waals surface area contributed by atoms with Crippen molar-refractivity contribution in [2.75, 3.05) is 16.0 Å². The van der Waals surface area contributed by atoms with Crippen LogP contribution in [-0.2, 0) is 4.79 Å². The molecular weight excluding hydrogens is 378 g/mol. The number of aromatic nitrogens is 2. The Labute approximate surface area is 167 Å². The number of aryl methyl sites for hydroxylation is 1. The van der Waals surface area contributed by atoms with Crippen LogP contribution in [0, 0.1) is 6.92 Å². The summed E-state index contributed by atoms with van der Waals surface area (Å²) in [6.45, 7) is 3.21. The van der Waals surface area contributed by atoms with E-state index in [1.807, 2.05) is 6.07 Å². The standard InChI is InChI=1S/C20H18ClN5O2/c1-12-9-18(19(28)24-15-6-3-5-14(21)10-15)26-20(22-12)25-17-8-4-7-16(11-17)23-13(2)27/h3-11H,1-2H3,(H,23,27)(H,24,28)(H,22,25,26). The molecule has 0 saturated carbocycles. The van der Waals surface area contributed by atoms with Crippen molar-refractivity contribution in [3.8, 4) is 0 Å². The van der Waals surface area contributed by atoms with Gasteiger partial charge in [0.1, 0.15) is 5.69 Å². The molecule has 0 radical (unpaired) electrons. The number of nitrogens with one attached hydrogen (secondary N) is 3. The fourth-order valence-corrected chi connectivity index (χ4v) is 2.70. The Bertz CT molecular complexity index is 1040. The van der Waals surface area contributed by atoms with E-state index < -0.39 is 0 Å². The molecule has 0 aliphatic carbocycles. The third-order valence-corrected chi connectivity index (χ3v) is 3.84. The summed E-state index contributed by atoms with van der Waals surface area (Å²) in [6.07, 6.45) is 0. The maximum atomic E-state index is 12.5. The highest BCUT2D eigenvalue weighted by molar-refractivity contribution is 6.30.